The van der Waals surface area contributed by atoms with E-state index >= 15 is 0 Å². The first-order valence-electron chi connectivity index (χ1n) is 9.79. The van der Waals surface area contributed by atoms with Crippen molar-refractivity contribution in [3.05, 3.63) is 29.6 Å². The lowest BCUT2D eigenvalue weighted by Gasteiger charge is -2.42. The van der Waals surface area contributed by atoms with E-state index < -0.39 is 0 Å². The summed E-state index contributed by atoms with van der Waals surface area (Å²) in [7, 11) is 0. The predicted octanol–water partition coefficient (Wildman–Crippen LogP) is 2.62. The molecule has 1 amide bonds. The SMILES string of the molecule is CCCn1cnnc1C1CN(C(=O)c2cnn(CC)c2C)CC12CCC2. The Kier molecular flexibility index (Phi) is 4.32. The van der Waals surface area contributed by atoms with Gasteiger partial charge in [0.1, 0.15) is 12.2 Å². The number of aryl methyl sites for hydroxylation is 2. The summed E-state index contributed by atoms with van der Waals surface area (Å²) >= 11 is 0. The molecule has 7 heteroatoms. The number of nitrogens with zero attached hydrogens (tertiary/aromatic N) is 6. The second kappa shape index (κ2) is 6.52. The van der Waals surface area contributed by atoms with Crippen molar-refractivity contribution in [1.29, 1.82) is 0 Å². The molecular formula is C19H28N6O. The molecule has 1 saturated heterocycles. The highest BCUT2D eigenvalue weighted by molar-refractivity contribution is 5.95. The quantitative estimate of drug-likeness (QED) is 0.826. The first-order valence-corrected chi connectivity index (χ1v) is 9.79. The maximum atomic E-state index is 13.2. The minimum absolute atomic E-state index is 0.109. The van der Waals surface area contributed by atoms with E-state index in [1.165, 1.54) is 19.3 Å². The minimum atomic E-state index is 0.109. The van der Waals surface area contributed by atoms with Gasteiger partial charge >= 0.3 is 0 Å². The van der Waals surface area contributed by atoms with Gasteiger partial charge in [-0.25, -0.2) is 0 Å². The molecule has 2 aromatic heterocycles. The van der Waals surface area contributed by atoms with Crippen molar-refractivity contribution >= 4 is 5.91 Å². The lowest BCUT2D eigenvalue weighted by molar-refractivity contribution is 0.0722. The summed E-state index contributed by atoms with van der Waals surface area (Å²) < 4.78 is 4.07. The van der Waals surface area contributed by atoms with E-state index in [0.717, 1.165) is 49.7 Å². The van der Waals surface area contributed by atoms with E-state index in [1.54, 1.807) is 6.20 Å². The number of hydrogen-bond acceptors (Lipinski definition) is 4. The third kappa shape index (κ3) is 2.56. The summed E-state index contributed by atoms with van der Waals surface area (Å²) in [6.45, 7) is 9.47. The molecule has 1 aliphatic heterocycles. The molecule has 2 aromatic rings. The lowest BCUT2D eigenvalue weighted by atomic mass is 9.62. The lowest BCUT2D eigenvalue weighted by Crippen LogP contribution is -2.38. The summed E-state index contributed by atoms with van der Waals surface area (Å²) in [5, 5.41) is 13.0. The molecule has 2 aliphatic rings. The number of amides is 1. The predicted molar refractivity (Wildman–Crippen MR) is 97.9 cm³/mol. The van der Waals surface area contributed by atoms with Crippen LogP contribution in [0.4, 0.5) is 0 Å². The maximum Gasteiger partial charge on any atom is 0.257 e. The van der Waals surface area contributed by atoms with Crippen LogP contribution in [0.25, 0.3) is 0 Å². The fraction of sp³-hybridized carbons (Fsp3) is 0.684. The molecule has 1 atom stereocenters. The molecule has 2 fully saturated rings. The molecule has 0 bridgehead atoms. The zero-order chi connectivity index (χ0) is 18.3. The van der Waals surface area contributed by atoms with E-state index in [9.17, 15) is 4.79 Å². The topological polar surface area (TPSA) is 68.8 Å². The summed E-state index contributed by atoms with van der Waals surface area (Å²) in [6, 6.07) is 0. The van der Waals surface area contributed by atoms with Crippen LogP contribution in [-0.4, -0.2) is 48.4 Å². The van der Waals surface area contributed by atoms with Gasteiger partial charge in [0.2, 0.25) is 0 Å². The Balaban J connectivity index is 1.61. The largest absolute Gasteiger partial charge is 0.337 e. The number of likely N-dealkylation sites (tertiary alicyclic amines) is 1. The average Bonchev–Trinajstić information content (AvgIpc) is 3.29. The summed E-state index contributed by atoms with van der Waals surface area (Å²) in [6.07, 6.45) is 8.21. The van der Waals surface area contributed by atoms with Gasteiger partial charge in [0.25, 0.3) is 5.91 Å². The molecule has 4 rings (SSSR count). The molecular weight excluding hydrogens is 328 g/mol. The van der Waals surface area contributed by atoms with Crippen molar-refractivity contribution in [3.8, 4) is 0 Å². The Hall–Kier alpha value is -2.18. The second-order valence-electron chi connectivity index (χ2n) is 7.80. The molecule has 140 valence electrons. The van der Waals surface area contributed by atoms with Crippen LogP contribution in [0.5, 0.6) is 0 Å². The molecule has 1 unspecified atom stereocenters. The van der Waals surface area contributed by atoms with Crippen LogP contribution in [0.2, 0.25) is 0 Å². The Labute approximate surface area is 154 Å². The van der Waals surface area contributed by atoms with Crippen molar-refractivity contribution in [2.45, 2.75) is 65.5 Å². The van der Waals surface area contributed by atoms with Crippen molar-refractivity contribution < 1.29 is 4.79 Å². The summed E-state index contributed by atoms with van der Waals surface area (Å²) in [5.41, 5.74) is 1.87. The highest BCUT2D eigenvalue weighted by Gasteiger charge is 2.53. The first-order chi connectivity index (χ1) is 12.6. The normalized spacial score (nSPS) is 21.3. The van der Waals surface area contributed by atoms with Crippen molar-refractivity contribution in [2.24, 2.45) is 5.41 Å². The van der Waals surface area contributed by atoms with Gasteiger partial charge in [-0.05, 0) is 38.5 Å². The Morgan fingerprint density at radius 2 is 2.15 bits per heavy atom. The van der Waals surface area contributed by atoms with Crippen LogP contribution < -0.4 is 0 Å². The zero-order valence-electron chi connectivity index (χ0n) is 16.0. The Morgan fingerprint density at radius 3 is 2.77 bits per heavy atom. The summed E-state index contributed by atoms with van der Waals surface area (Å²) in [4.78, 5) is 15.2. The third-order valence-corrected chi connectivity index (χ3v) is 6.34. The molecule has 0 aromatic carbocycles. The van der Waals surface area contributed by atoms with Crippen molar-refractivity contribution in [1.82, 2.24) is 29.4 Å². The molecule has 0 radical (unpaired) electrons. The maximum absolute atomic E-state index is 13.2. The average molecular weight is 356 g/mol. The van der Waals surface area contributed by atoms with E-state index in [0.29, 0.717) is 0 Å². The van der Waals surface area contributed by atoms with E-state index in [2.05, 4.69) is 26.8 Å². The molecule has 1 spiro atoms. The van der Waals surface area contributed by atoms with Crippen LogP contribution in [0, 0.1) is 12.3 Å². The molecule has 0 N–H and O–H groups in total. The zero-order valence-corrected chi connectivity index (χ0v) is 16.0. The van der Waals surface area contributed by atoms with E-state index in [4.69, 9.17) is 0 Å². The van der Waals surface area contributed by atoms with Crippen LogP contribution >= 0.6 is 0 Å². The molecule has 7 nitrogen and oxygen atoms in total. The minimum Gasteiger partial charge on any atom is -0.337 e. The smallest absolute Gasteiger partial charge is 0.257 e. The van der Waals surface area contributed by atoms with E-state index in [-0.39, 0.29) is 17.2 Å². The van der Waals surface area contributed by atoms with Gasteiger partial charge in [0.05, 0.1) is 11.8 Å². The Morgan fingerprint density at radius 1 is 1.35 bits per heavy atom. The molecule has 3 heterocycles. The number of rotatable bonds is 5. The first kappa shape index (κ1) is 17.2. The number of carbonyl (C=O) groups excluding carboxylic acids is 1. The van der Waals surface area contributed by atoms with Gasteiger partial charge in [-0.1, -0.05) is 13.3 Å². The van der Waals surface area contributed by atoms with Crippen LogP contribution in [-0.2, 0) is 13.1 Å². The van der Waals surface area contributed by atoms with Gasteiger partial charge in [0.15, 0.2) is 0 Å². The standard InChI is InChI=1S/C19H28N6O/c1-4-9-23-13-20-22-17(23)16-11-24(12-19(16)7-6-8-19)18(26)15-10-21-25(5-2)14(15)3/h10,13,16H,4-9,11-12H2,1-3H3. The molecule has 1 saturated carbocycles. The van der Waals surface area contributed by atoms with Crippen molar-refractivity contribution in [2.75, 3.05) is 13.1 Å². The monoisotopic (exact) mass is 356 g/mol. The van der Waals surface area contributed by atoms with Gasteiger partial charge in [-0.15, -0.1) is 10.2 Å². The second-order valence-corrected chi connectivity index (χ2v) is 7.80. The molecule has 1 aliphatic carbocycles. The fourth-order valence-corrected chi connectivity index (χ4v) is 4.71. The highest BCUT2D eigenvalue weighted by Crippen LogP contribution is 2.55. The Bertz CT molecular complexity index is 803. The number of hydrogen-bond donors (Lipinski definition) is 0. The fourth-order valence-electron chi connectivity index (χ4n) is 4.71. The highest BCUT2D eigenvalue weighted by atomic mass is 16.2. The molecule has 26 heavy (non-hydrogen) atoms. The van der Waals surface area contributed by atoms with Gasteiger partial charge < -0.3 is 9.47 Å². The third-order valence-electron chi connectivity index (χ3n) is 6.34. The van der Waals surface area contributed by atoms with Crippen LogP contribution in [0.1, 0.15) is 67.3 Å². The van der Waals surface area contributed by atoms with Gasteiger partial charge in [-0.2, -0.15) is 5.10 Å². The number of carbonyl (C=O) groups is 1. The number of aromatic nitrogens is 5. The van der Waals surface area contributed by atoms with Crippen LogP contribution in [0.3, 0.4) is 0 Å². The van der Waals surface area contributed by atoms with Gasteiger partial charge in [0, 0.05) is 37.8 Å². The van der Waals surface area contributed by atoms with Gasteiger partial charge in [-0.3, -0.25) is 9.48 Å². The van der Waals surface area contributed by atoms with Crippen molar-refractivity contribution in [3.63, 3.8) is 0 Å². The van der Waals surface area contributed by atoms with E-state index in [1.807, 2.05) is 29.8 Å². The van der Waals surface area contributed by atoms with Crippen LogP contribution in [0.15, 0.2) is 12.5 Å². The summed E-state index contributed by atoms with van der Waals surface area (Å²) in [5.74, 6) is 1.45.